The van der Waals surface area contributed by atoms with Crippen LogP contribution in [0.5, 0.6) is 0 Å². The molecule has 0 saturated carbocycles. The molecule has 0 fully saturated rings. The first-order valence-corrected chi connectivity index (χ1v) is 9.94. The van der Waals surface area contributed by atoms with Gasteiger partial charge in [-0.25, -0.2) is 4.39 Å². The maximum Gasteiger partial charge on any atom is 0.406 e. The van der Waals surface area contributed by atoms with Gasteiger partial charge in [-0.15, -0.1) is 21.5 Å². The zero-order valence-electron chi connectivity index (χ0n) is 15.3. The van der Waals surface area contributed by atoms with Gasteiger partial charge in [-0.1, -0.05) is 22.9 Å². The zero-order chi connectivity index (χ0) is 21.5. The number of rotatable bonds is 5. The maximum absolute atomic E-state index is 14.1. The lowest BCUT2D eigenvalue weighted by atomic mass is 10.1. The van der Waals surface area contributed by atoms with Crippen molar-refractivity contribution in [3.8, 4) is 22.2 Å². The fourth-order valence-corrected chi connectivity index (χ4v) is 3.83. The molecule has 3 aromatic heterocycles. The summed E-state index contributed by atoms with van der Waals surface area (Å²) in [5.74, 6) is -0.763. The van der Waals surface area contributed by atoms with Crippen LogP contribution in [0.25, 0.3) is 22.2 Å². The van der Waals surface area contributed by atoms with Crippen LogP contribution >= 0.6 is 24.0 Å². The summed E-state index contributed by atoms with van der Waals surface area (Å²) in [7, 11) is 0. The van der Waals surface area contributed by atoms with E-state index >= 15 is 0 Å². The first kappa shape index (κ1) is 20.5. The lowest BCUT2D eigenvalue weighted by molar-refractivity contribution is -0.140. The van der Waals surface area contributed by atoms with Crippen LogP contribution in [-0.2, 0) is 6.54 Å². The van der Waals surface area contributed by atoms with E-state index < -0.39 is 23.8 Å². The molecule has 4 aromatic rings. The van der Waals surface area contributed by atoms with E-state index in [9.17, 15) is 17.6 Å². The largest absolute Gasteiger partial charge is 0.406 e. The molecule has 0 aliphatic rings. The molecule has 12 heteroatoms. The van der Waals surface area contributed by atoms with Gasteiger partial charge < -0.3 is 4.52 Å². The minimum atomic E-state index is -4.51. The average molecular weight is 455 g/mol. The minimum Gasteiger partial charge on any atom is -0.334 e. The van der Waals surface area contributed by atoms with Crippen molar-refractivity contribution in [3.05, 3.63) is 58.7 Å². The number of hydrogen-bond donors (Lipinski definition) is 1. The highest BCUT2D eigenvalue weighted by molar-refractivity contribution is 7.80. The van der Waals surface area contributed by atoms with Crippen LogP contribution in [0.15, 0.2) is 40.2 Å². The third kappa shape index (κ3) is 4.10. The molecule has 0 spiro atoms. The highest BCUT2D eigenvalue weighted by Gasteiger charge is 2.34. The number of aromatic nitrogens is 5. The summed E-state index contributed by atoms with van der Waals surface area (Å²) in [5.41, 5.74) is 0.865. The van der Waals surface area contributed by atoms with Gasteiger partial charge >= 0.3 is 6.18 Å². The molecule has 1 aromatic carbocycles. The molecule has 0 radical (unpaired) electrons. The Balaban J connectivity index is 1.73. The monoisotopic (exact) mass is 455 g/mol. The number of thiol groups is 1. The van der Waals surface area contributed by atoms with Crippen LogP contribution in [0.3, 0.4) is 0 Å². The Bertz CT molecular complexity index is 1170. The first-order chi connectivity index (χ1) is 14.2. The van der Waals surface area contributed by atoms with Crippen molar-refractivity contribution < 1.29 is 22.1 Å². The van der Waals surface area contributed by atoms with Crippen molar-refractivity contribution in [2.45, 2.75) is 24.9 Å². The molecular weight excluding hydrogens is 442 g/mol. The summed E-state index contributed by atoms with van der Waals surface area (Å²) in [6, 6.07) is 7.72. The van der Waals surface area contributed by atoms with E-state index in [0.717, 1.165) is 10.1 Å². The van der Waals surface area contributed by atoms with Crippen molar-refractivity contribution in [2.24, 2.45) is 0 Å². The van der Waals surface area contributed by atoms with Crippen molar-refractivity contribution in [1.82, 2.24) is 24.9 Å². The lowest BCUT2D eigenvalue weighted by Gasteiger charge is -2.14. The van der Waals surface area contributed by atoms with E-state index in [1.165, 1.54) is 23.5 Å². The standard InChI is InChI=1S/C18H13F4N5OS2/c1-9-4-5-11(19)10(7-9)17-23-14(26-28-17)13(29)16-25-24-15(12-3-2-6-30-12)27(16)8-18(20,21)22/h2-7,13,29H,8H2,1H3. The van der Waals surface area contributed by atoms with E-state index in [2.05, 4.69) is 33.0 Å². The Kier molecular flexibility index (Phi) is 5.36. The van der Waals surface area contributed by atoms with Crippen LogP contribution in [0.2, 0.25) is 0 Å². The minimum absolute atomic E-state index is 0.0530. The second-order valence-electron chi connectivity index (χ2n) is 6.40. The van der Waals surface area contributed by atoms with Gasteiger partial charge in [0.1, 0.15) is 17.6 Å². The molecule has 156 valence electrons. The molecular formula is C18H13F4N5OS2. The molecule has 4 rings (SSSR count). The van der Waals surface area contributed by atoms with E-state index in [4.69, 9.17) is 4.52 Å². The second kappa shape index (κ2) is 7.84. The predicted octanol–water partition coefficient (Wildman–Crippen LogP) is 5.09. The second-order valence-corrected chi connectivity index (χ2v) is 7.87. The number of hydrogen-bond acceptors (Lipinski definition) is 7. The van der Waals surface area contributed by atoms with Crippen molar-refractivity contribution in [3.63, 3.8) is 0 Å². The molecule has 0 aliphatic heterocycles. The lowest BCUT2D eigenvalue weighted by Crippen LogP contribution is -2.21. The fraction of sp³-hybridized carbons (Fsp3) is 0.222. The van der Waals surface area contributed by atoms with Gasteiger partial charge in [0.15, 0.2) is 17.5 Å². The average Bonchev–Trinajstić information content (AvgIpc) is 3.42. The van der Waals surface area contributed by atoms with E-state index in [0.29, 0.717) is 4.88 Å². The molecule has 30 heavy (non-hydrogen) atoms. The third-order valence-electron chi connectivity index (χ3n) is 4.14. The van der Waals surface area contributed by atoms with Gasteiger partial charge in [0.05, 0.1) is 10.4 Å². The summed E-state index contributed by atoms with van der Waals surface area (Å²) >= 11 is 5.58. The van der Waals surface area contributed by atoms with Crippen molar-refractivity contribution in [1.29, 1.82) is 0 Å². The number of nitrogens with zero attached hydrogens (tertiary/aromatic N) is 5. The molecule has 0 N–H and O–H groups in total. The molecule has 0 bridgehead atoms. The molecule has 0 aliphatic carbocycles. The Morgan fingerprint density at radius 3 is 2.73 bits per heavy atom. The molecule has 6 nitrogen and oxygen atoms in total. The fourth-order valence-electron chi connectivity index (χ4n) is 2.81. The van der Waals surface area contributed by atoms with Gasteiger partial charge in [-0.2, -0.15) is 30.8 Å². The number of aryl methyl sites for hydroxylation is 1. The molecule has 1 unspecified atom stereocenters. The number of benzene rings is 1. The third-order valence-corrected chi connectivity index (χ3v) is 5.47. The quantitative estimate of drug-likeness (QED) is 0.336. The van der Waals surface area contributed by atoms with Gasteiger partial charge in [-0.05, 0) is 30.5 Å². The zero-order valence-corrected chi connectivity index (χ0v) is 17.0. The Morgan fingerprint density at radius 1 is 1.23 bits per heavy atom. The van der Waals surface area contributed by atoms with Crippen LogP contribution in [0.4, 0.5) is 17.6 Å². The summed E-state index contributed by atoms with van der Waals surface area (Å²) in [4.78, 5) is 4.64. The summed E-state index contributed by atoms with van der Waals surface area (Å²) < 4.78 is 59.8. The highest BCUT2D eigenvalue weighted by atomic mass is 32.1. The molecule has 0 amide bonds. The van der Waals surface area contributed by atoms with Gasteiger partial charge in [-0.3, -0.25) is 4.57 Å². The summed E-state index contributed by atoms with van der Waals surface area (Å²) in [6.07, 6.45) is -4.51. The van der Waals surface area contributed by atoms with Crippen LogP contribution in [0.1, 0.15) is 22.5 Å². The number of thiophene rings is 1. The Hall–Kier alpha value is -2.73. The number of halogens is 4. The SMILES string of the molecule is Cc1ccc(F)c(-c2nc(C(S)c3nnc(-c4cccs4)n3CC(F)(F)F)no2)c1. The molecule has 1 atom stereocenters. The van der Waals surface area contributed by atoms with E-state index in [1.807, 2.05) is 0 Å². The molecule has 0 saturated heterocycles. The Morgan fingerprint density at radius 2 is 2.03 bits per heavy atom. The van der Waals surface area contributed by atoms with Gasteiger partial charge in [0.25, 0.3) is 5.89 Å². The van der Waals surface area contributed by atoms with Crippen molar-refractivity contribution in [2.75, 3.05) is 0 Å². The topological polar surface area (TPSA) is 69.6 Å². The van der Waals surface area contributed by atoms with E-state index in [-0.39, 0.29) is 28.9 Å². The summed E-state index contributed by atoms with van der Waals surface area (Å²) in [6.45, 7) is 0.462. The van der Waals surface area contributed by atoms with Gasteiger partial charge in [0.2, 0.25) is 0 Å². The highest BCUT2D eigenvalue weighted by Crippen LogP contribution is 2.33. The smallest absolute Gasteiger partial charge is 0.334 e. The van der Waals surface area contributed by atoms with Crippen LogP contribution < -0.4 is 0 Å². The van der Waals surface area contributed by atoms with Crippen LogP contribution in [0, 0.1) is 12.7 Å². The molecule has 3 heterocycles. The Labute approximate surface area is 177 Å². The van der Waals surface area contributed by atoms with Gasteiger partial charge in [0, 0.05) is 0 Å². The normalized spacial score (nSPS) is 13.0. The number of alkyl halides is 3. The summed E-state index contributed by atoms with van der Waals surface area (Å²) in [5, 5.41) is 12.2. The first-order valence-electron chi connectivity index (χ1n) is 8.55. The maximum atomic E-state index is 14.1. The van der Waals surface area contributed by atoms with Crippen LogP contribution in [-0.4, -0.2) is 31.1 Å². The van der Waals surface area contributed by atoms with E-state index in [1.54, 1.807) is 30.5 Å². The predicted molar refractivity (Wildman–Crippen MR) is 105 cm³/mol. The van der Waals surface area contributed by atoms with Crippen molar-refractivity contribution >= 4 is 24.0 Å².